The van der Waals surface area contributed by atoms with E-state index in [1.54, 1.807) is 0 Å². The summed E-state index contributed by atoms with van der Waals surface area (Å²) < 4.78 is 2.36. The molecule has 0 spiro atoms. The van der Waals surface area contributed by atoms with Crippen LogP contribution in [0.25, 0.3) is 0 Å². The normalized spacial score (nSPS) is 20.2. The molecule has 122 valence electrons. The molecule has 0 bridgehead atoms. The zero-order valence-electron chi connectivity index (χ0n) is 15.5. The van der Waals surface area contributed by atoms with Crippen LogP contribution >= 0.6 is 8.92 Å². The maximum absolute atomic E-state index is 7.53. The first-order chi connectivity index (χ1) is 9.01. The van der Waals surface area contributed by atoms with Crippen LogP contribution < -0.4 is 0 Å². The van der Waals surface area contributed by atoms with E-state index >= 15 is 0 Å². The number of hydrogen-bond donors (Lipinski definition) is 0. The van der Waals surface area contributed by atoms with Gasteiger partial charge in [0, 0.05) is 0 Å². The molecule has 3 atom stereocenters. The Balaban J connectivity index is 5.19. The van der Waals surface area contributed by atoms with Gasteiger partial charge in [0.15, 0.2) is 0 Å². The summed E-state index contributed by atoms with van der Waals surface area (Å²) in [7, 11) is 7.53. The van der Waals surface area contributed by atoms with Crippen LogP contribution in [0.2, 0.25) is 11.8 Å². The Bertz CT molecular complexity index is 219. The van der Waals surface area contributed by atoms with Crippen LogP contribution in [0.1, 0.15) is 81.6 Å². The topological polar surface area (TPSA) is 0 Å². The Hall–Kier alpha value is 1.09. The molecule has 0 heterocycles. The zero-order valence-corrected chi connectivity index (χ0v) is 19.1. The number of hydrogen-bond acceptors (Lipinski definition) is 0. The molecule has 0 saturated heterocycles. The van der Waals surface area contributed by atoms with E-state index in [1.165, 1.54) is 19.3 Å². The molecule has 0 saturated carbocycles. The van der Waals surface area contributed by atoms with Crippen molar-refractivity contribution in [2.45, 2.75) is 93.4 Å². The third kappa shape index (κ3) is 6.46. The molecule has 0 radical (unpaired) electrons. The molecule has 0 aliphatic heterocycles. The van der Waals surface area contributed by atoms with Crippen molar-refractivity contribution in [3.05, 3.63) is 0 Å². The summed E-state index contributed by atoms with van der Waals surface area (Å²) >= 11 is -2.66. The molecule has 0 fully saturated rings. The third-order valence-corrected chi connectivity index (χ3v) is 27.2. The van der Waals surface area contributed by atoms with Crippen molar-refractivity contribution in [1.29, 1.82) is 0 Å². The summed E-state index contributed by atoms with van der Waals surface area (Å²) in [5, 5.41) is 0. The molecule has 2 heteroatoms. The first kappa shape index (κ1) is 21.1. The van der Waals surface area contributed by atoms with Gasteiger partial charge in [-0.25, -0.2) is 0 Å². The molecule has 0 aromatic heterocycles. The van der Waals surface area contributed by atoms with Crippen molar-refractivity contribution in [3.63, 3.8) is 0 Å². The zero-order chi connectivity index (χ0) is 16.1. The van der Waals surface area contributed by atoms with Gasteiger partial charge in [-0.15, -0.1) is 0 Å². The van der Waals surface area contributed by atoms with E-state index in [1.807, 2.05) is 0 Å². The minimum absolute atomic E-state index is 0.775. The molecule has 0 aliphatic rings. The van der Waals surface area contributed by atoms with E-state index in [4.69, 9.17) is 8.92 Å². The average Bonchev–Trinajstić information content (AvgIpc) is 2.24. The van der Waals surface area contributed by atoms with Crippen LogP contribution in [0.3, 0.4) is 0 Å². The van der Waals surface area contributed by atoms with Crippen molar-refractivity contribution < 1.29 is 0 Å². The fourth-order valence-corrected chi connectivity index (χ4v) is 21.4. The average molecular weight is 410 g/mol. The second-order valence-corrected chi connectivity index (χ2v) is 26.0. The molecule has 0 aromatic carbocycles. The van der Waals surface area contributed by atoms with E-state index in [-0.39, 0.29) is 0 Å². The van der Waals surface area contributed by atoms with Gasteiger partial charge in [-0.2, -0.15) is 0 Å². The summed E-state index contributed by atoms with van der Waals surface area (Å²) in [6.45, 7) is 21.5. The molecule has 0 aliphatic carbocycles. The second kappa shape index (κ2) is 9.28. The first-order valence-corrected chi connectivity index (χ1v) is 17.3. The fraction of sp³-hybridized carbons (Fsp3) is 1.00. The maximum atomic E-state index is 7.53. The third-order valence-electron chi connectivity index (χ3n) is 4.74. The predicted molar refractivity (Wildman–Crippen MR) is 98.2 cm³/mol. The van der Waals surface area contributed by atoms with Crippen molar-refractivity contribution >= 4 is 26.2 Å². The van der Waals surface area contributed by atoms with Crippen LogP contribution in [-0.4, -0.2) is 17.3 Å². The van der Waals surface area contributed by atoms with Gasteiger partial charge in [-0.1, -0.05) is 0 Å². The van der Waals surface area contributed by atoms with Gasteiger partial charge in [0.1, 0.15) is 0 Å². The Labute approximate surface area is 137 Å². The van der Waals surface area contributed by atoms with Gasteiger partial charge in [-0.3, -0.25) is 0 Å². The molecule has 3 unspecified atom stereocenters. The van der Waals surface area contributed by atoms with E-state index in [0.717, 1.165) is 29.6 Å². The van der Waals surface area contributed by atoms with Crippen molar-refractivity contribution in [1.82, 2.24) is 0 Å². The molecule has 20 heavy (non-hydrogen) atoms. The van der Waals surface area contributed by atoms with Crippen LogP contribution in [-0.2, 0) is 0 Å². The minimum atomic E-state index is -2.66. The van der Waals surface area contributed by atoms with Crippen LogP contribution in [0.5, 0.6) is 0 Å². The fourth-order valence-electron chi connectivity index (χ4n) is 4.12. The van der Waals surface area contributed by atoms with Gasteiger partial charge in [-0.05, 0) is 0 Å². The quantitative estimate of drug-likeness (QED) is 0.346. The summed E-state index contributed by atoms with van der Waals surface area (Å²) in [5.74, 6) is 2.33. The van der Waals surface area contributed by atoms with E-state index in [2.05, 4.69) is 62.3 Å². The van der Waals surface area contributed by atoms with E-state index < -0.39 is 17.3 Å². The summed E-state index contributed by atoms with van der Waals surface area (Å²) in [6.07, 6.45) is 3.97. The van der Waals surface area contributed by atoms with Crippen LogP contribution in [0.15, 0.2) is 0 Å². The second-order valence-electron chi connectivity index (χ2n) is 8.42. The molecule has 0 aromatic rings. The van der Waals surface area contributed by atoms with E-state index in [0.29, 0.717) is 0 Å². The summed E-state index contributed by atoms with van der Waals surface area (Å²) in [4.78, 5) is 0. The van der Waals surface area contributed by atoms with Crippen molar-refractivity contribution in [2.75, 3.05) is 0 Å². The number of halogens is 1. The SMILES string of the molecule is CC(C)C[CH](C)[Sn]([Cl])([CH](C)CC(C)C)[CH](C)CC(C)C. The molecule has 0 amide bonds. The standard InChI is InChI=1S/3C6H13.ClH.Sn/c3*1-4-5-6(2)3;;/h3*4,6H,5H2,1-3H3;1H;/q;;;;+1/p-1. The van der Waals surface area contributed by atoms with Crippen molar-refractivity contribution in [3.8, 4) is 0 Å². The molecule has 0 N–H and O–H groups in total. The van der Waals surface area contributed by atoms with E-state index in [9.17, 15) is 0 Å². The molecular weight excluding hydrogens is 370 g/mol. The molecular formula is C18H39ClSn. The van der Waals surface area contributed by atoms with Crippen LogP contribution in [0.4, 0.5) is 0 Å². The monoisotopic (exact) mass is 410 g/mol. The Morgan fingerprint density at radius 1 is 0.550 bits per heavy atom. The van der Waals surface area contributed by atoms with Crippen LogP contribution in [0, 0.1) is 17.8 Å². The van der Waals surface area contributed by atoms with Gasteiger partial charge < -0.3 is 0 Å². The number of rotatable bonds is 9. The Morgan fingerprint density at radius 3 is 0.900 bits per heavy atom. The Morgan fingerprint density at radius 2 is 0.750 bits per heavy atom. The van der Waals surface area contributed by atoms with Gasteiger partial charge in [0.2, 0.25) is 0 Å². The predicted octanol–water partition coefficient (Wildman–Crippen LogP) is 7.48. The van der Waals surface area contributed by atoms with Gasteiger partial charge in [0.05, 0.1) is 0 Å². The van der Waals surface area contributed by atoms with Crippen molar-refractivity contribution in [2.24, 2.45) is 17.8 Å². The molecule has 0 rings (SSSR count). The van der Waals surface area contributed by atoms with Gasteiger partial charge in [0.25, 0.3) is 0 Å². The first-order valence-electron chi connectivity index (χ1n) is 8.70. The Kier molecular flexibility index (Phi) is 9.78. The van der Waals surface area contributed by atoms with Gasteiger partial charge >= 0.3 is 137 Å². The molecule has 0 nitrogen and oxygen atoms in total. The summed E-state index contributed by atoms with van der Waals surface area (Å²) in [6, 6.07) is 0. The summed E-state index contributed by atoms with van der Waals surface area (Å²) in [5.41, 5.74) is 0.